The zero-order valence-electron chi connectivity index (χ0n) is 12.4. The van der Waals surface area contributed by atoms with Crippen LogP contribution in [0.2, 0.25) is 10.0 Å². The van der Waals surface area contributed by atoms with Gasteiger partial charge in [0.2, 0.25) is 10.0 Å². The van der Waals surface area contributed by atoms with Crippen molar-refractivity contribution in [2.24, 2.45) is 0 Å². The van der Waals surface area contributed by atoms with Crippen molar-refractivity contribution in [1.29, 1.82) is 0 Å². The molecule has 0 saturated heterocycles. The van der Waals surface area contributed by atoms with Crippen LogP contribution in [0, 0.1) is 0 Å². The Kier molecular flexibility index (Phi) is 5.19. The Labute approximate surface area is 144 Å². The molecule has 23 heavy (non-hydrogen) atoms. The standard InChI is InChI=1S/C15H14Cl2N2O3S/c1-19(23(2,21)22)14-9-10(7-8-12(14)17)15(20)18-13-6-4-3-5-11(13)16/h3-9H,1-2H3,(H,18,20). The molecule has 2 aromatic carbocycles. The molecule has 0 aromatic heterocycles. The molecule has 2 aromatic rings. The van der Waals surface area contributed by atoms with Crippen molar-refractivity contribution < 1.29 is 13.2 Å². The zero-order valence-corrected chi connectivity index (χ0v) is 14.7. The summed E-state index contributed by atoms with van der Waals surface area (Å²) in [4.78, 5) is 12.3. The van der Waals surface area contributed by atoms with Gasteiger partial charge in [-0.15, -0.1) is 0 Å². The Morgan fingerprint density at radius 3 is 2.35 bits per heavy atom. The van der Waals surface area contributed by atoms with Gasteiger partial charge in [0.1, 0.15) is 0 Å². The number of rotatable bonds is 4. The van der Waals surface area contributed by atoms with Gasteiger partial charge in [-0.1, -0.05) is 35.3 Å². The summed E-state index contributed by atoms with van der Waals surface area (Å²) in [5.74, 6) is -0.419. The lowest BCUT2D eigenvalue weighted by molar-refractivity contribution is 0.102. The van der Waals surface area contributed by atoms with Crippen LogP contribution in [0.1, 0.15) is 10.4 Å². The van der Waals surface area contributed by atoms with Crippen LogP contribution < -0.4 is 9.62 Å². The van der Waals surface area contributed by atoms with Crippen molar-refractivity contribution in [1.82, 2.24) is 0 Å². The molecular weight excluding hydrogens is 359 g/mol. The Bertz CT molecular complexity index is 854. The summed E-state index contributed by atoms with van der Waals surface area (Å²) in [6, 6.07) is 11.2. The van der Waals surface area contributed by atoms with Crippen molar-refractivity contribution in [3.63, 3.8) is 0 Å². The predicted molar refractivity (Wildman–Crippen MR) is 94.1 cm³/mol. The van der Waals surface area contributed by atoms with Crippen LogP contribution in [0.4, 0.5) is 11.4 Å². The van der Waals surface area contributed by atoms with E-state index in [4.69, 9.17) is 23.2 Å². The maximum atomic E-state index is 12.3. The maximum absolute atomic E-state index is 12.3. The normalized spacial score (nSPS) is 11.1. The molecule has 0 fully saturated rings. The Balaban J connectivity index is 2.34. The smallest absolute Gasteiger partial charge is 0.255 e. The minimum atomic E-state index is -3.49. The number of benzene rings is 2. The second kappa shape index (κ2) is 6.78. The van der Waals surface area contributed by atoms with Crippen molar-refractivity contribution >= 4 is 50.5 Å². The third-order valence-electron chi connectivity index (χ3n) is 3.17. The molecule has 0 radical (unpaired) electrons. The molecule has 0 unspecified atom stereocenters. The number of carbonyl (C=O) groups excluding carboxylic acids is 1. The molecule has 0 saturated carbocycles. The molecule has 0 aliphatic carbocycles. The van der Waals surface area contributed by atoms with Gasteiger partial charge in [-0.25, -0.2) is 8.42 Å². The quantitative estimate of drug-likeness (QED) is 0.890. The van der Waals surface area contributed by atoms with Gasteiger partial charge in [0, 0.05) is 12.6 Å². The fraction of sp³-hybridized carbons (Fsp3) is 0.133. The largest absolute Gasteiger partial charge is 0.321 e. The number of sulfonamides is 1. The second-order valence-corrected chi connectivity index (χ2v) is 7.66. The molecule has 5 nitrogen and oxygen atoms in total. The first-order valence-corrected chi connectivity index (χ1v) is 9.10. The summed E-state index contributed by atoms with van der Waals surface area (Å²) in [7, 11) is -2.12. The van der Waals surface area contributed by atoms with Crippen molar-refractivity contribution in [3.05, 3.63) is 58.1 Å². The van der Waals surface area contributed by atoms with Gasteiger partial charge in [0.05, 0.1) is 27.7 Å². The molecule has 0 aliphatic rings. The highest BCUT2D eigenvalue weighted by molar-refractivity contribution is 7.92. The zero-order chi connectivity index (χ0) is 17.2. The molecule has 8 heteroatoms. The molecule has 0 atom stereocenters. The van der Waals surface area contributed by atoms with Gasteiger partial charge in [-0.3, -0.25) is 9.10 Å². The molecule has 0 bridgehead atoms. The summed E-state index contributed by atoms with van der Waals surface area (Å²) in [6.07, 6.45) is 1.06. The van der Waals surface area contributed by atoms with E-state index in [1.165, 1.54) is 25.2 Å². The number of halogens is 2. The summed E-state index contributed by atoms with van der Waals surface area (Å²) >= 11 is 12.0. The van der Waals surface area contributed by atoms with Gasteiger partial charge in [0.25, 0.3) is 5.91 Å². The van der Waals surface area contributed by atoms with Crippen LogP contribution in [0.15, 0.2) is 42.5 Å². The lowest BCUT2D eigenvalue weighted by Crippen LogP contribution is -2.25. The number of hydrogen-bond acceptors (Lipinski definition) is 3. The maximum Gasteiger partial charge on any atom is 0.255 e. The van der Waals surface area contributed by atoms with Crippen molar-refractivity contribution in [2.45, 2.75) is 0 Å². The van der Waals surface area contributed by atoms with E-state index in [1.807, 2.05) is 0 Å². The number of anilines is 2. The highest BCUT2D eigenvalue weighted by Crippen LogP contribution is 2.28. The monoisotopic (exact) mass is 372 g/mol. The van der Waals surface area contributed by atoms with Crippen molar-refractivity contribution in [3.8, 4) is 0 Å². The van der Waals surface area contributed by atoms with Gasteiger partial charge < -0.3 is 5.32 Å². The van der Waals surface area contributed by atoms with E-state index < -0.39 is 15.9 Å². The van der Waals surface area contributed by atoms with E-state index in [2.05, 4.69) is 5.32 Å². The van der Waals surface area contributed by atoms with E-state index in [0.717, 1.165) is 10.6 Å². The minimum absolute atomic E-state index is 0.223. The summed E-state index contributed by atoms with van der Waals surface area (Å²) < 4.78 is 24.3. The van der Waals surface area contributed by atoms with Gasteiger partial charge in [-0.05, 0) is 30.3 Å². The summed E-state index contributed by atoms with van der Waals surface area (Å²) in [6.45, 7) is 0. The highest BCUT2D eigenvalue weighted by Gasteiger charge is 2.18. The van der Waals surface area contributed by atoms with Crippen molar-refractivity contribution in [2.75, 3.05) is 22.9 Å². The van der Waals surface area contributed by atoms with Gasteiger partial charge in [0.15, 0.2) is 0 Å². The first-order chi connectivity index (χ1) is 10.7. The van der Waals surface area contributed by atoms with Crippen LogP contribution >= 0.6 is 23.2 Å². The minimum Gasteiger partial charge on any atom is -0.321 e. The fourth-order valence-electron chi connectivity index (χ4n) is 1.83. The van der Waals surface area contributed by atoms with Crippen LogP contribution in [0.5, 0.6) is 0 Å². The molecule has 1 amide bonds. The number of nitrogens with zero attached hydrogens (tertiary/aromatic N) is 1. The molecule has 0 heterocycles. The van der Waals surface area contributed by atoms with Crippen LogP contribution in [0.3, 0.4) is 0 Å². The van der Waals surface area contributed by atoms with E-state index in [9.17, 15) is 13.2 Å². The third kappa shape index (κ3) is 4.16. The molecule has 0 aliphatic heterocycles. The number of para-hydroxylation sites is 1. The van der Waals surface area contributed by atoms with Crippen LogP contribution in [-0.4, -0.2) is 27.6 Å². The first-order valence-electron chi connectivity index (χ1n) is 6.49. The Hall–Kier alpha value is -1.76. The summed E-state index contributed by atoms with van der Waals surface area (Å²) in [5, 5.41) is 3.30. The number of nitrogens with one attached hydrogen (secondary N) is 1. The lowest BCUT2D eigenvalue weighted by atomic mass is 10.2. The fourth-order valence-corrected chi connectivity index (χ4v) is 2.82. The van der Waals surface area contributed by atoms with E-state index >= 15 is 0 Å². The number of carbonyl (C=O) groups is 1. The highest BCUT2D eigenvalue weighted by atomic mass is 35.5. The van der Waals surface area contributed by atoms with E-state index in [0.29, 0.717) is 10.7 Å². The Morgan fingerprint density at radius 1 is 1.09 bits per heavy atom. The van der Waals surface area contributed by atoms with E-state index in [-0.39, 0.29) is 16.3 Å². The average Bonchev–Trinajstić information content (AvgIpc) is 2.48. The SMILES string of the molecule is CN(c1cc(C(=O)Nc2ccccc2Cl)ccc1Cl)S(C)(=O)=O. The first kappa shape index (κ1) is 17.6. The Morgan fingerprint density at radius 2 is 1.74 bits per heavy atom. The molecule has 2 rings (SSSR count). The summed E-state index contributed by atoms with van der Waals surface area (Å²) in [5.41, 5.74) is 0.952. The average molecular weight is 373 g/mol. The topological polar surface area (TPSA) is 66.5 Å². The van der Waals surface area contributed by atoms with Crippen LogP contribution in [-0.2, 0) is 10.0 Å². The van der Waals surface area contributed by atoms with Gasteiger partial charge in [-0.2, -0.15) is 0 Å². The molecular formula is C15H14Cl2N2O3S. The molecule has 0 spiro atoms. The lowest BCUT2D eigenvalue weighted by Gasteiger charge is -2.19. The number of hydrogen-bond donors (Lipinski definition) is 1. The second-order valence-electron chi connectivity index (χ2n) is 4.83. The van der Waals surface area contributed by atoms with Gasteiger partial charge >= 0.3 is 0 Å². The van der Waals surface area contributed by atoms with E-state index in [1.54, 1.807) is 24.3 Å². The molecule has 1 N–H and O–H groups in total. The number of amides is 1. The molecule has 122 valence electrons. The predicted octanol–water partition coefficient (Wildman–Crippen LogP) is 3.64. The third-order valence-corrected chi connectivity index (χ3v) is 5.01. The van der Waals surface area contributed by atoms with Crippen LogP contribution in [0.25, 0.3) is 0 Å².